The topological polar surface area (TPSA) is 104 Å². The van der Waals surface area contributed by atoms with Gasteiger partial charge < -0.3 is 8.37 Å². The molecule has 0 N–H and O–H groups in total. The van der Waals surface area contributed by atoms with Crippen LogP contribution in [-0.2, 0) is 25.0 Å². The molecule has 0 aromatic heterocycles. The molecular formula is C29H22O7S2. The van der Waals surface area contributed by atoms with Crippen LogP contribution in [0, 0.1) is 0 Å². The highest BCUT2D eigenvalue weighted by atomic mass is 32.2. The van der Waals surface area contributed by atoms with Gasteiger partial charge in [-0.05, 0) is 71.8 Å². The Hall–Kier alpha value is -4.47. The Morgan fingerprint density at radius 3 is 1.32 bits per heavy atom. The second-order valence-electron chi connectivity index (χ2n) is 7.92. The van der Waals surface area contributed by atoms with E-state index in [0.717, 1.165) is 0 Å². The third-order valence-electron chi connectivity index (χ3n) is 5.07. The van der Waals surface area contributed by atoms with Crippen LogP contribution in [0.4, 0.5) is 0 Å². The van der Waals surface area contributed by atoms with Crippen LogP contribution in [0.2, 0.25) is 0 Å². The van der Waals surface area contributed by atoms with E-state index in [1.54, 1.807) is 60.7 Å². The Morgan fingerprint density at radius 1 is 0.526 bits per heavy atom. The van der Waals surface area contributed by atoms with Crippen LogP contribution in [0.25, 0.3) is 12.2 Å². The number of hydrogen-bond donors (Lipinski definition) is 0. The molecule has 0 aliphatic rings. The van der Waals surface area contributed by atoms with Crippen molar-refractivity contribution >= 4 is 38.2 Å². The van der Waals surface area contributed by atoms with Crippen molar-refractivity contribution in [2.75, 3.05) is 0 Å². The van der Waals surface area contributed by atoms with Crippen molar-refractivity contribution in [2.45, 2.75) is 9.79 Å². The summed E-state index contributed by atoms with van der Waals surface area (Å²) in [5.41, 5.74) is 1.13. The minimum atomic E-state index is -3.98. The summed E-state index contributed by atoms with van der Waals surface area (Å²) in [6.45, 7) is 0. The first-order chi connectivity index (χ1) is 18.2. The van der Waals surface area contributed by atoms with Crippen molar-refractivity contribution in [3.63, 3.8) is 0 Å². The molecule has 0 atom stereocenters. The number of carbonyl (C=O) groups is 1. The van der Waals surface area contributed by atoms with E-state index in [1.807, 2.05) is 0 Å². The zero-order valence-corrected chi connectivity index (χ0v) is 21.5. The van der Waals surface area contributed by atoms with Crippen LogP contribution in [-0.4, -0.2) is 22.6 Å². The fourth-order valence-corrected chi connectivity index (χ4v) is 5.16. The molecule has 192 valence electrons. The van der Waals surface area contributed by atoms with Crippen molar-refractivity contribution in [2.24, 2.45) is 0 Å². The largest absolute Gasteiger partial charge is 0.379 e. The van der Waals surface area contributed by atoms with Crippen LogP contribution in [0.3, 0.4) is 0 Å². The van der Waals surface area contributed by atoms with E-state index in [2.05, 4.69) is 0 Å². The van der Waals surface area contributed by atoms with Crippen LogP contribution >= 0.6 is 0 Å². The zero-order valence-electron chi connectivity index (χ0n) is 19.9. The highest BCUT2D eigenvalue weighted by Gasteiger charge is 2.17. The number of carbonyl (C=O) groups excluding carboxylic acids is 1. The summed E-state index contributed by atoms with van der Waals surface area (Å²) in [5.74, 6) is -0.112. The predicted octanol–water partition coefficient (Wildman–Crippen LogP) is 5.52. The summed E-state index contributed by atoms with van der Waals surface area (Å²) < 4.78 is 60.1. The molecule has 0 bridgehead atoms. The summed E-state index contributed by atoms with van der Waals surface area (Å²) in [4.78, 5) is 12.4. The predicted molar refractivity (Wildman–Crippen MR) is 144 cm³/mol. The van der Waals surface area contributed by atoms with Crippen molar-refractivity contribution in [1.82, 2.24) is 0 Å². The lowest BCUT2D eigenvalue weighted by atomic mass is 10.1. The van der Waals surface area contributed by atoms with E-state index in [0.29, 0.717) is 11.1 Å². The number of ketones is 1. The minimum Gasteiger partial charge on any atom is -0.379 e. The monoisotopic (exact) mass is 546 g/mol. The molecule has 0 aliphatic carbocycles. The van der Waals surface area contributed by atoms with Crippen LogP contribution < -0.4 is 8.37 Å². The molecule has 7 nitrogen and oxygen atoms in total. The first-order valence-corrected chi connectivity index (χ1v) is 14.1. The molecule has 4 aromatic rings. The van der Waals surface area contributed by atoms with Crippen molar-refractivity contribution in [3.8, 4) is 11.5 Å². The smallest absolute Gasteiger partial charge is 0.339 e. The zero-order chi connectivity index (χ0) is 27.0. The van der Waals surface area contributed by atoms with Crippen molar-refractivity contribution < 1.29 is 30.0 Å². The van der Waals surface area contributed by atoms with Crippen molar-refractivity contribution in [1.29, 1.82) is 0 Å². The Kier molecular flexibility index (Phi) is 8.20. The van der Waals surface area contributed by atoms with E-state index >= 15 is 0 Å². The van der Waals surface area contributed by atoms with E-state index in [-0.39, 0.29) is 27.1 Å². The van der Waals surface area contributed by atoms with E-state index in [9.17, 15) is 21.6 Å². The lowest BCUT2D eigenvalue weighted by Gasteiger charge is -2.07. The number of hydrogen-bond acceptors (Lipinski definition) is 7. The molecule has 4 aromatic carbocycles. The molecule has 0 saturated heterocycles. The van der Waals surface area contributed by atoms with Crippen molar-refractivity contribution in [3.05, 3.63) is 132 Å². The normalized spacial score (nSPS) is 12.0. The van der Waals surface area contributed by atoms with E-state index in [4.69, 9.17) is 8.37 Å². The SMILES string of the molecule is O=C(C=Cc1cccc(OS(=O)(=O)c2ccccc2)c1)C=Cc1cccc(OS(=O)(=O)c2ccccc2)c1. The van der Waals surface area contributed by atoms with Crippen LogP contribution in [0.15, 0.2) is 131 Å². The van der Waals surface area contributed by atoms with Gasteiger partial charge in [0.2, 0.25) is 0 Å². The maximum absolute atomic E-state index is 12.4. The summed E-state index contributed by atoms with van der Waals surface area (Å²) in [5, 5.41) is 0. The Labute approximate surface area is 221 Å². The van der Waals surface area contributed by atoms with Gasteiger partial charge in [0.1, 0.15) is 21.3 Å². The van der Waals surface area contributed by atoms with Gasteiger partial charge in [0.05, 0.1) is 0 Å². The maximum atomic E-state index is 12.4. The number of rotatable bonds is 10. The number of allylic oxidation sites excluding steroid dienone is 2. The maximum Gasteiger partial charge on any atom is 0.339 e. The quantitative estimate of drug-likeness (QED) is 0.191. The highest BCUT2D eigenvalue weighted by Crippen LogP contribution is 2.22. The van der Waals surface area contributed by atoms with Gasteiger partial charge in [0.15, 0.2) is 5.78 Å². The lowest BCUT2D eigenvalue weighted by molar-refractivity contribution is -0.110. The minimum absolute atomic E-state index is 0.0356. The molecule has 0 aliphatic heterocycles. The summed E-state index contributed by atoms with van der Waals surface area (Å²) in [6, 6.07) is 28.2. The first kappa shape index (κ1) is 26.6. The average molecular weight is 547 g/mol. The van der Waals surface area contributed by atoms with Gasteiger partial charge in [-0.15, -0.1) is 0 Å². The van der Waals surface area contributed by atoms with E-state index in [1.165, 1.54) is 72.8 Å². The number of benzene rings is 4. The van der Waals surface area contributed by atoms with E-state index < -0.39 is 20.2 Å². The molecule has 0 unspecified atom stereocenters. The van der Waals surface area contributed by atoms with Gasteiger partial charge in [-0.3, -0.25) is 4.79 Å². The van der Waals surface area contributed by atoms with Gasteiger partial charge in [-0.2, -0.15) is 16.8 Å². The molecular weight excluding hydrogens is 524 g/mol. The summed E-state index contributed by atoms with van der Waals surface area (Å²) in [6.07, 6.45) is 5.70. The molecule has 0 saturated carbocycles. The van der Waals surface area contributed by atoms with Crippen LogP contribution in [0.5, 0.6) is 11.5 Å². The molecule has 0 spiro atoms. The molecule has 0 fully saturated rings. The highest BCUT2D eigenvalue weighted by molar-refractivity contribution is 7.87. The molecule has 0 heterocycles. The Bertz CT molecular complexity index is 1570. The van der Waals surface area contributed by atoms with Gasteiger partial charge in [-0.1, -0.05) is 72.8 Å². The van der Waals surface area contributed by atoms with Crippen LogP contribution in [0.1, 0.15) is 11.1 Å². The Balaban J connectivity index is 1.40. The molecule has 9 heteroatoms. The fourth-order valence-electron chi connectivity index (χ4n) is 3.28. The third-order valence-corrected chi connectivity index (χ3v) is 7.59. The van der Waals surface area contributed by atoms with Gasteiger partial charge in [0.25, 0.3) is 0 Å². The molecule has 0 radical (unpaired) electrons. The second kappa shape index (κ2) is 11.7. The summed E-state index contributed by atoms with van der Waals surface area (Å²) >= 11 is 0. The Morgan fingerprint density at radius 2 is 0.921 bits per heavy atom. The second-order valence-corrected chi connectivity index (χ2v) is 11.0. The van der Waals surface area contributed by atoms with Gasteiger partial charge in [-0.25, -0.2) is 0 Å². The third kappa shape index (κ3) is 7.28. The average Bonchev–Trinajstić information content (AvgIpc) is 2.92. The standard InChI is InChI=1S/C29H22O7S2/c30-25(19-17-23-9-7-11-26(21-23)35-37(31,32)28-13-3-1-4-14-28)20-18-24-10-8-12-27(22-24)36-38(33,34)29-15-5-2-6-16-29/h1-22H. The molecule has 0 amide bonds. The lowest BCUT2D eigenvalue weighted by Crippen LogP contribution is -2.09. The molecule has 38 heavy (non-hydrogen) atoms. The fraction of sp³-hybridized carbons (Fsp3) is 0. The van der Waals surface area contributed by atoms with Gasteiger partial charge in [0, 0.05) is 0 Å². The van der Waals surface area contributed by atoms with Gasteiger partial charge >= 0.3 is 20.2 Å². The molecule has 4 rings (SSSR count). The first-order valence-electron chi connectivity index (χ1n) is 11.3. The summed E-state index contributed by atoms with van der Waals surface area (Å²) in [7, 11) is -7.96.